The number of Topliss-reactive ketones (excluding diaryl/α,β-unsaturated/α-hetero) is 1. The van der Waals surface area contributed by atoms with Gasteiger partial charge in [-0.3, -0.25) is 19.6 Å². The quantitative estimate of drug-likeness (QED) is 0.548. The molecule has 23 heavy (non-hydrogen) atoms. The Morgan fingerprint density at radius 2 is 2.04 bits per heavy atom. The van der Waals surface area contributed by atoms with Gasteiger partial charge in [-0.2, -0.15) is 0 Å². The van der Waals surface area contributed by atoms with E-state index < -0.39 is 0 Å². The fraction of sp³-hybridized carbons (Fsp3) is 0.111. The summed E-state index contributed by atoms with van der Waals surface area (Å²) >= 11 is 0. The van der Waals surface area contributed by atoms with E-state index in [1.165, 1.54) is 18.7 Å². The van der Waals surface area contributed by atoms with Crippen LogP contribution in [0.2, 0.25) is 0 Å². The molecule has 0 N–H and O–H groups in total. The van der Waals surface area contributed by atoms with Gasteiger partial charge in [0.15, 0.2) is 5.78 Å². The van der Waals surface area contributed by atoms with Gasteiger partial charge in [-0.15, -0.1) is 0 Å². The largest absolute Gasteiger partial charge is 0.463 e. The molecule has 0 amide bonds. The molecule has 0 atom stereocenters. The van der Waals surface area contributed by atoms with Crippen molar-refractivity contribution in [1.29, 1.82) is 0 Å². The van der Waals surface area contributed by atoms with Crippen molar-refractivity contribution in [2.24, 2.45) is 4.99 Å². The zero-order valence-electron chi connectivity index (χ0n) is 11.6. The minimum absolute atomic E-state index is 0. The Morgan fingerprint density at radius 3 is 2.83 bits per heavy atom. The molecule has 3 rings (SSSR count). The minimum Gasteiger partial charge on any atom is -0.463 e. The lowest BCUT2D eigenvalue weighted by molar-refractivity contribution is 0.100. The molecule has 5 nitrogen and oxygen atoms in total. The normalized spacial score (nSPS) is 10.6. The summed E-state index contributed by atoms with van der Waals surface area (Å²) < 4.78 is 5.38. The average molecular weight is 308 g/mol. The maximum atomic E-state index is 12.2. The molecule has 2 aromatic heterocycles. The number of para-hydroxylation sites is 1. The van der Waals surface area contributed by atoms with Crippen molar-refractivity contribution in [3.63, 3.8) is 0 Å². The summed E-state index contributed by atoms with van der Waals surface area (Å²) in [5.41, 5.74) is 1.17. The summed E-state index contributed by atoms with van der Waals surface area (Å²) in [5.74, 6) is -0.158. The van der Waals surface area contributed by atoms with Gasteiger partial charge in [-0.25, -0.2) is 0 Å². The first kappa shape index (κ1) is 16.3. The van der Waals surface area contributed by atoms with Crippen molar-refractivity contribution >= 4 is 23.0 Å². The van der Waals surface area contributed by atoms with Crippen molar-refractivity contribution < 1.29 is 9.21 Å². The maximum Gasteiger partial charge on any atom is 0.201 e. The molecule has 5 heteroatoms. The Labute approximate surface area is 133 Å². The molecular formula is C18H16N2O3. The zero-order valence-corrected chi connectivity index (χ0v) is 11.6. The van der Waals surface area contributed by atoms with E-state index in [0.29, 0.717) is 22.1 Å². The summed E-state index contributed by atoms with van der Waals surface area (Å²) in [5, 5.41) is 0.491. The van der Waals surface area contributed by atoms with Crippen LogP contribution in [0.3, 0.4) is 0 Å². The molecule has 1 aromatic carbocycles. The first-order valence-electron chi connectivity index (χ1n) is 6.69. The number of fused-ring (bicyclic) bond motifs is 1. The van der Waals surface area contributed by atoms with Crippen molar-refractivity contribution in [3.8, 4) is 0 Å². The molecule has 116 valence electrons. The SMILES string of the molecule is C.O=C(CN=Cc1coc2ccccc2c1=O)c1cccnc1. The number of carbonyl (C=O) groups is 1. The molecule has 0 aliphatic rings. The number of nitrogens with zero attached hydrogens (tertiary/aromatic N) is 2. The smallest absolute Gasteiger partial charge is 0.201 e. The van der Waals surface area contributed by atoms with Gasteiger partial charge >= 0.3 is 0 Å². The van der Waals surface area contributed by atoms with Crippen LogP contribution in [0.1, 0.15) is 23.3 Å². The van der Waals surface area contributed by atoms with Crippen molar-refractivity contribution in [2.45, 2.75) is 7.43 Å². The van der Waals surface area contributed by atoms with Gasteiger partial charge in [0.1, 0.15) is 18.4 Å². The van der Waals surface area contributed by atoms with Crippen LogP contribution in [0.15, 0.2) is 69.3 Å². The first-order valence-corrected chi connectivity index (χ1v) is 6.69. The molecule has 0 saturated heterocycles. The van der Waals surface area contributed by atoms with E-state index in [4.69, 9.17) is 4.42 Å². The van der Waals surface area contributed by atoms with Crippen LogP contribution in [-0.4, -0.2) is 23.5 Å². The summed E-state index contributed by atoms with van der Waals surface area (Å²) in [4.78, 5) is 32.0. The number of aliphatic imine (C=N–C) groups is 1. The fourth-order valence-electron chi connectivity index (χ4n) is 2.03. The molecule has 3 aromatic rings. The summed E-state index contributed by atoms with van der Waals surface area (Å²) in [7, 11) is 0. The van der Waals surface area contributed by atoms with Crippen LogP contribution in [0.5, 0.6) is 0 Å². The number of ketones is 1. The first-order chi connectivity index (χ1) is 10.8. The van der Waals surface area contributed by atoms with E-state index in [0.717, 1.165) is 0 Å². The number of benzene rings is 1. The number of hydrogen-bond acceptors (Lipinski definition) is 5. The van der Waals surface area contributed by atoms with Crippen LogP contribution in [-0.2, 0) is 0 Å². The number of carbonyl (C=O) groups excluding carboxylic acids is 1. The highest BCUT2D eigenvalue weighted by Gasteiger charge is 2.06. The Bertz CT molecular complexity index is 899. The molecule has 2 heterocycles. The number of rotatable bonds is 4. The number of hydrogen-bond donors (Lipinski definition) is 0. The van der Waals surface area contributed by atoms with Crippen molar-refractivity contribution in [3.05, 3.63) is 76.4 Å². The van der Waals surface area contributed by atoms with E-state index in [1.807, 2.05) is 0 Å². The molecule has 0 aliphatic carbocycles. The van der Waals surface area contributed by atoms with Gasteiger partial charge < -0.3 is 4.42 Å². The Morgan fingerprint density at radius 1 is 1.22 bits per heavy atom. The van der Waals surface area contributed by atoms with E-state index >= 15 is 0 Å². The molecule has 0 fully saturated rings. The molecule has 0 saturated carbocycles. The number of pyridine rings is 1. The monoisotopic (exact) mass is 308 g/mol. The molecule has 0 bridgehead atoms. The van der Waals surface area contributed by atoms with E-state index in [1.54, 1.807) is 42.6 Å². The van der Waals surface area contributed by atoms with Gasteiger partial charge in [-0.1, -0.05) is 19.6 Å². The van der Waals surface area contributed by atoms with Crippen LogP contribution in [0.4, 0.5) is 0 Å². The lowest BCUT2D eigenvalue weighted by Gasteiger charge is -1.98. The highest BCUT2D eigenvalue weighted by molar-refractivity contribution is 5.98. The highest BCUT2D eigenvalue weighted by Crippen LogP contribution is 2.09. The zero-order chi connectivity index (χ0) is 15.4. The Hall–Kier alpha value is -3.08. The molecule has 0 unspecified atom stereocenters. The van der Waals surface area contributed by atoms with Gasteiger partial charge in [0.05, 0.1) is 10.9 Å². The third-order valence-electron chi connectivity index (χ3n) is 3.16. The standard InChI is InChI=1S/C17H12N2O3.CH4/c20-15(12-4-3-7-18-8-12)10-19-9-13-11-22-16-6-2-1-5-14(16)17(13)21;/h1-9,11H,10H2;1H4. The van der Waals surface area contributed by atoms with Gasteiger partial charge in [-0.05, 0) is 24.3 Å². The van der Waals surface area contributed by atoms with Crippen LogP contribution in [0.25, 0.3) is 11.0 Å². The average Bonchev–Trinajstić information content (AvgIpc) is 2.58. The van der Waals surface area contributed by atoms with E-state index in [2.05, 4.69) is 9.98 Å². The van der Waals surface area contributed by atoms with Gasteiger partial charge in [0, 0.05) is 24.2 Å². The maximum absolute atomic E-state index is 12.2. The van der Waals surface area contributed by atoms with Crippen LogP contribution in [0, 0.1) is 0 Å². The van der Waals surface area contributed by atoms with Gasteiger partial charge in [0.25, 0.3) is 0 Å². The Kier molecular flexibility index (Phi) is 5.15. The number of aromatic nitrogens is 1. The molecular weight excluding hydrogens is 292 g/mol. The predicted octanol–water partition coefficient (Wildman–Crippen LogP) is 3.13. The predicted molar refractivity (Wildman–Crippen MR) is 90.2 cm³/mol. The highest BCUT2D eigenvalue weighted by atomic mass is 16.3. The minimum atomic E-state index is -0.167. The van der Waals surface area contributed by atoms with Crippen LogP contribution < -0.4 is 5.43 Å². The second-order valence-electron chi connectivity index (χ2n) is 4.65. The lowest BCUT2D eigenvalue weighted by atomic mass is 10.2. The van der Waals surface area contributed by atoms with E-state index in [-0.39, 0.29) is 25.2 Å². The summed E-state index contributed by atoms with van der Waals surface area (Å²) in [6, 6.07) is 10.4. The van der Waals surface area contributed by atoms with Crippen molar-refractivity contribution in [1.82, 2.24) is 4.98 Å². The lowest BCUT2D eigenvalue weighted by Crippen LogP contribution is -2.09. The summed E-state index contributed by atoms with van der Waals surface area (Å²) in [6.07, 6.45) is 5.80. The van der Waals surface area contributed by atoms with Crippen molar-refractivity contribution in [2.75, 3.05) is 6.54 Å². The molecule has 0 radical (unpaired) electrons. The van der Waals surface area contributed by atoms with E-state index in [9.17, 15) is 9.59 Å². The van der Waals surface area contributed by atoms with Crippen LogP contribution >= 0.6 is 0 Å². The third-order valence-corrected chi connectivity index (χ3v) is 3.16. The van der Waals surface area contributed by atoms with Gasteiger partial charge in [0.2, 0.25) is 5.43 Å². The molecule has 0 spiro atoms. The Balaban J connectivity index is 0.00000192. The topological polar surface area (TPSA) is 72.5 Å². The summed E-state index contributed by atoms with van der Waals surface area (Å²) in [6.45, 7) is -0.0437. The fourth-order valence-corrected chi connectivity index (χ4v) is 2.03. The second-order valence-corrected chi connectivity index (χ2v) is 4.65. The second kappa shape index (κ2) is 7.26. The molecule has 0 aliphatic heterocycles. The third kappa shape index (κ3) is 3.58.